The molecule has 3 heterocycles. The summed E-state index contributed by atoms with van der Waals surface area (Å²) in [6.45, 7) is 2.63. The standard InChI is InChI=1S/C24H33N5O2/c1-25-14-19(27-24(31)23-17-4-5-18(13-17)26-23)12-16-2-6-20(7-3-16)28-10-11-29-21(15-28)8-9-22(29)30/h2-3,6-7,14,17-19,21,23,26H,4-5,8-13,15H2,1H3,(H,27,31)/t17-,18+,19-,21?,23-/m0/s1. The van der Waals surface area contributed by atoms with Crippen LogP contribution < -0.4 is 15.5 Å². The average molecular weight is 424 g/mol. The molecule has 5 atom stereocenters. The van der Waals surface area contributed by atoms with Gasteiger partial charge in [-0.1, -0.05) is 12.1 Å². The van der Waals surface area contributed by atoms with Crippen LogP contribution in [0.3, 0.4) is 0 Å². The van der Waals surface area contributed by atoms with Gasteiger partial charge in [-0.25, -0.2) is 0 Å². The van der Waals surface area contributed by atoms with Crippen molar-refractivity contribution in [1.29, 1.82) is 0 Å². The second-order valence-corrected chi connectivity index (χ2v) is 9.53. The quantitative estimate of drug-likeness (QED) is 0.678. The SMILES string of the molecule is CN=C[C@H](Cc1ccc(N2CCN3C(=O)CCC3C2)cc1)NC(=O)[C@H]1N[C@@H]2CC[C@H]1C2. The number of carbonyl (C=O) groups is 2. The van der Waals surface area contributed by atoms with Crippen LogP contribution in [0.5, 0.6) is 0 Å². The van der Waals surface area contributed by atoms with Crippen molar-refractivity contribution in [2.24, 2.45) is 10.9 Å². The van der Waals surface area contributed by atoms with Crippen LogP contribution in [0.15, 0.2) is 29.3 Å². The molecule has 4 fully saturated rings. The van der Waals surface area contributed by atoms with Crippen LogP contribution in [0, 0.1) is 5.92 Å². The lowest BCUT2D eigenvalue weighted by Crippen LogP contribution is -2.51. The largest absolute Gasteiger partial charge is 0.368 e. The summed E-state index contributed by atoms with van der Waals surface area (Å²) in [6.07, 6.45) is 7.74. The van der Waals surface area contributed by atoms with Gasteiger partial charge in [0.15, 0.2) is 0 Å². The molecule has 1 saturated carbocycles. The Kier molecular flexibility index (Phi) is 5.69. The molecule has 0 aromatic heterocycles. The van der Waals surface area contributed by atoms with Gasteiger partial charge in [-0.05, 0) is 55.7 Å². The highest BCUT2D eigenvalue weighted by atomic mass is 16.2. The average Bonchev–Trinajstić information content (AvgIpc) is 3.50. The topological polar surface area (TPSA) is 77.0 Å². The van der Waals surface area contributed by atoms with E-state index in [-0.39, 0.29) is 18.0 Å². The fraction of sp³-hybridized carbons (Fsp3) is 0.625. The second-order valence-electron chi connectivity index (χ2n) is 9.53. The van der Waals surface area contributed by atoms with E-state index in [4.69, 9.17) is 0 Å². The highest BCUT2D eigenvalue weighted by molar-refractivity contribution is 5.86. The van der Waals surface area contributed by atoms with Gasteiger partial charge in [-0.2, -0.15) is 0 Å². The van der Waals surface area contributed by atoms with Crippen LogP contribution >= 0.6 is 0 Å². The Bertz CT molecular complexity index is 854. The third kappa shape index (κ3) is 4.20. The van der Waals surface area contributed by atoms with Crippen LogP contribution in [-0.2, 0) is 16.0 Å². The number of anilines is 1. The number of nitrogens with one attached hydrogen (secondary N) is 2. The van der Waals surface area contributed by atoms with Crippen molar-refractivity contribution in [1.82, 2.24) is 15.5 Å². The summed E-state index contributed by atoms with van der Waals surface area (Å²) in [5.41, 5.74) is 2.39. The molecule has 7 heteroatoms. The molecule has 1 aliphatic carbocycles. The summed E-state index contributed by atoms with van der Waals surface area (Å²) in [6, 6.07) is 9.38. The Labute approximate surface area is 184 Å². The third-order valence-electron chi connectivity index (χ3n) is 7.55. The first kappa shape index (κ1) is 20.5. The molecule has 2 N–H and O–H groups in total. The van der Waals surface area contributed by atoms with Gasteiger partial charge >= 0.3 is 0 Å². The zero-order valence-electron chi connectivity index (χ0n) is 18.3. The van der Waals surface area contributed by atoms with Gasteiger partial charge in [0.05, 0.1) is 12.1 Å². The number of benzene rings is 1. The van der Waals surface area contributed by atoms with E-state index in [0.29, 0.717) is 30.3 Å². The molecular formula is C24H33N5O2. The smallest absolute Gasteiger partial charge is 0.237 e. The fourth-order valence-corrected chi connectivity index (χ4v) is 5.94. The third-order valence-corrected chi connectivity index (χ3v) is 7.55. The van der Waals surface area contributed by atoms with E-state index in [1.165, 1.54) is 17.7 Å². The Morgan fingerprint density at radius 1 is 1.26 bits per heavy atom. The first-order chi connectivity index (χ1) is 15.1. The van der Waals surface area contributed by atoms with E-state index in [1.807, 2.05) is 11.1 Å². The van der Waals surface area contributed by atoms with Gasteiger partial charge in [0.25, 0.3) is 0 Å². The van der Waals surface area contributed by atoms with Crippen LogP contribution in [0.2, 0.25) is 0 Å². The summed E-state index contributed by atoms with van der Waals surface area (Å²) in [7, 11) is 1.76. The first-order valence-electron chi connectivity index (χ1n) is 11.7. The predicted molar refractivity (Wildman–Crippen MR) is 121 cm³/mol. The van der Waals surface area contributed by atoms with Gasteiger partial charge in [0.1, 0.15) is 0 Å². The fourth-order valence-electron chi connectivity index (χ4n) is 5.94. The maximum absolute atomic E-state index is 12.8. The maximum Gasteiger partial charge on any atom is 0.237 e. The molecule has 0 spiro atoms. The zero-order valence-corrected chi connectivity index (χ0v) is 18.3. The van der Waals surface area contributed by atoms with Crippen molar-refractivity contribution in [2.75, 3.05) is 31.6 Å². The molecule has 1 aromatic carbocycles. The molecule has 1 aromatic rings. The molecule has 4 aliphatic rings. The number of piperazine rings is 1. The van der Waals surface area contributed by atoms with Gasteiger partial charge in [0, 0.05) is 57.1 Å². The molecule has 7 nitrogen and oxygen atoms in total. The molecule has 3 aliphatic heterocycles. The van der Waals surface area contributed by atoms with E-state index >= 15 is 0 Å². The van der Waals surface area contributed by atoms with Crippen LogP contribution in [0.25, 0.3) is 0 Å². The zero-order chi connectivity index (χ0) is 21.4. The Hall–Kier alpha value is -2.41. The summed E-state index contributed by atoms with van der Waals surface area (Å²) in [5, 5.41) is 6.68. The first-order valence-corrected chi connectivity index (χ1v) is 11.7. The highest BCUT2D eigenvalue weighted by Gasteiger charge is 2.43. The molecule has 1 unspecified atom stereocenters. The Morgan fingerprint density at radius 3 is 2.81 bits per heavy atom. The van der Waals surface area contributed by atoms with Crippen LogP contribution in [-0.4, -0.2) is 73.8 Å². The number of rotatable bonds is 6. The molecule has 166 valence electrons. The minimum Gasteiger partial charge on any atom is -0.368 e. The molecular weight excluding hydrogens is 390 g/mol. The lowest BCUT2D eigenvalue weighted by Gasteiger charge is -2.39. The number of nitrogens with zero attached hydrogens (tertiary/aromatic N) is 3. The lowest BCUT2D eigenvalue weighted by molar-refractivity contribution is -0.129. The number of fused-ring (bicyclic) bond motifs is 3. The molecule has 2 bridgehead atoms. The van der Waals surface area contributed by atoms with Crippen molar-refractivity contribution in [3.05, 3.63) is 29.8 Å². The number of amides is 2. The second kappa shape index (κ2) is 8.61. The van der Waals surface area contributed by atoms with E-state index < -0.39 is 0 Å². The van der Waals surface area contributed by atoms with Crippen molar-refractivity contribution >= 4 is 23.7 Å². The van der Waals surface area contributed by atoms with Crippen molar-refractivity contribution in [3.63, 3.8) is 0 Å². The summed E-state index contributed by atoms with van der Waals surface area (Å²) >= 11 is 0. The van der Waals surface area contributed by atoms with Gasteiger partial charge in [-0.3, -0.25) is 14.6 Å². The van der Waals surface area contributed by atoms with Gasteiger partial charge < -0.3 is 20.4 Å². The predicted octanol–water partition coefficient (Wildman–Crippen LogP) is 1.37. The molecule has 31 heavy (non-hydrogen) atoms. The van der Waals surface area contributed by atoms with Crippen molar-refractivity contribution < 1.29 is 9.59 Å². The van der Waals surface area contributed by atoms with E-state index in [0.717, 1.165) is 45.3 Å². The number of hydrogen-bond donors (Lipinski definition) is 2. The minimum atomic E-state index is -0.0997. The summed E-state index contributed by atoms with van der Waals surface area (Å²) in [5.74, 6) is 0.906. The molecule has 5 rings (SSSR count). The van der Waals surface area contributed by atoms with Crippen molar-refractivity contribution in [2.45, 2.75) is 62.7 Å². The van der Waals surface area contributed by atoms with Crippen LogP contribution in [0.4, 0.5) is 5.69 Å². The minimum absolute atomic E-state index is 0.0463. The molecule has 3 saturated heterocycles. The van der Waals surface area contributed by atoms with Gasteiger partial charge in [0.2, 0.25) is 11.8 Å². The number of carbonyl (C=O) groups excluding carboxylic acids is 2. The van der Waals surface area contributed by atoms with Gasteiger partial charge in [-0.15, -0.1) is 0 Å². The number of hydrogen-bond acceptors (Lipinski definition) is 5. The van der Waals surface area contributed by atoms with E-state index in [2.05, 4.69) is 44.8 Å². The normalized spacial score (nSPS) is 30.8. The Balaban J connectivity index is 1.18. The lowest BCUT2D eigenvalue weighted by atomic mass is 9.98. The molecule has 0 radical (unpaired) electrons. The molecule has 2 amide bonds. The van der Waals surface area contributed by atoms with E-state index in [9.17, 15) is 9.59 Å². The Morgan fingerprint density at radius 2 is 2.10 bits per heavy atom. The monoisotopic (exact) mass is 423 g/mol. The van der Waals surface area contributed by atoms with Crippen LogP contribution in [0.1, 0.15) is 37.7 Å². The maximum atomic E-state index is 12.8. The summed E-state index contributed by atoms with van der Waals surface area (Å²) in [4.78, 5) is 33.4. The van der Waals surface area contributed by atoms with Crippen molar-refractivity contribution in [3.8, 4) is 0 Å². The summed E-state index contributed by atoms with van der Waals surface area (Å²) < 4.78 is 0. The number of aliphatic imine (C=N–C) groups is 1. The highest BCUT2D eigenvalue weighted by Crippen LogP contribution is 2.35. The number of piperidine rings is 1. The van der Waals surface area contributed by atoms with E-state index in [1.54, 1.807) is 7.05 Å².